The fraction of sp³-hybridized carbons (Fsp3) is 0.571. The molecule has 0 unspecified atom stereocenters. The average Bonchev–Trinajstić information content (AvgIpc) is 2.70. The third-order valence-electron chi connectivity index (χ3n) is 3.49. The van der Waals surface area contributed by atoms with E-state index in [-0.39, 0.29) is 0 Å². The van der Waals surface area contributed by atoms with Crippen LogP contribution in [0.2, 0.25) is 0 Å². The van der Waals surface area contributed by atoms with Crippen molar-refractivity contribution in [2.75, 3.05) is 20.2 Å². The molecule has 0 aromatic heterocycles. The van der Waals surface area contributed by atoms with Crippen molar-refractivity contribution in [1.29, 1.82) is 0 Å². The molecule has 0 aliphatic carbocycles. The monoisotopic (exact) mass is 273 g/mol. The molecule has 106 valence electrons. The number of alkyl halides is 3. The van der Waals surface area contributed by atoms with Gasteiger partial charge in [0.1, 0.15) is 12.4 Å². The number of aryl methyl sites for hydroxylation is 1. The van der Waals surface area contributed by atoms with Gasteiger partial charge in [0.05, 0.1) is 5.56 Å². The van der Waals surface area contributed by atoms with E-state index in [1.807, 2.05) is 7.05 Å². The number of halogens is 3. The second kappa shape index (κ2) is 5.41. The lowest BCUT2D eigenvalue weighted by molar-refractivity contribution is -0.137. The van der Waals surface area contributed by atoms with Gasteiger partial charge in [-0.25, -0.2) is 0 Å². The molecule has 1 saturated heterocycles. The van der Waals surface area contributed by atoms with E-state index in [1.165, 1.54) is 0 Å². The average molecular weight is 273 g/mol. The first-order valence-electron chi connectivity index (χ1n) is 6.38. The normalized spacial score (nSPS) is 20.8. The van der Waals surface area contributed by atoms with Crippen molar-refractivity contribution in [3.63, 3.8) is 0 Å². The van der Waals surface area contributed by atoms with E-state index in [1.54, 1.807) is 13.0 Å². The van der Waals surface area contributed by atoms with Gasteiger partial charge in [0, 0.05) is 6.04 Å². The second-order valence-electron chi connectivity index (χ2n) is 5.12. The molecule has 0 bridgehead atoms. The predicted octanol–water partition coefficient (Wildman–Crippen LogP) is 3.49. The van der Waals surface area contributed by atoms with Crippen LogP contribution < -0.4 is 4.74 Å². The Morgan fingerprint density at radius 1 is 1.32 bits per heavy atom. The van der Waals surface area contributed by atoms with E-state index >= 15 is 0 Å². The SMILES string of the molecule is Cc1cc(OC[C@H]2CCCN2C)cc(C(F)(F)F)c1. The van der Waals surface area contributed by atoms with Gasteiger partial charge < -0.3 is 9.64 Å². The number of hydrogen-bond donors (Lipinski definition) is 0. The minimum atomic E-state index is -4.33. The molecule has 1 aromatic rings. The Kier molecular flexibility index (Phi) is 4.04. The minimum absolute atomic E-state index is 0.299. The second-order valence-corrected chi connectivity index (χ2v) is 5.12. The van der Waals surface area contributed by atoms with Crippen LogP contribution in [0.4, 0.5) is 13.2 Å². The van der Waals surface area contributed by atoms with Crippen molar-refractivity contribution in [2.45, 2.75) is 32.0 Å². The molecule has 0 spiro atoms. The quantitative estimate of drug-likeness (QED) is 0.836. The third kappa shape index (κ3) is 3.62. The Morgan fingerprint density at radius 3 is 2.63 bits per heavy atom. The largest absolute Gasteiger partial charge is 0.492 e. The lowest BCUT2D eigenvalue weighted by Gasteiger charge is -2.20. The van der Waals surface area contributed by atoms with Crippen molar-refractivity contribution in [3.8, 4) is 5.75 Å². The summed E-state index contributed by atoms with van der Waals surface area (Å²) >= 11 is 0. The highest BCUT2D eigenvalue weighted by Crippen LogP contribution is 2.32. The van der Waals surface area contributed by atoms with Gasteiger partial charge >= 0.3 is 6.18 Å². The molecule has 1 aliphatic rings. The van der Waals surface area contributed by atoms with Crippen molar-refractivity contribution < 1.29 is 17.9 Å². The summed E-state index contributed by atoms with van der Waals surface area (Å²) in [6, 6.07) is 4.15. The van der Waals surface area contributed by atoms with Crippen LogP contribution in [0, 0.1) is 6.92 Å². The zero-order chi connectivity index (χ0) is 14.0. The Hall–Kier alpha value is -1.23. The molecule has 0 amide bonds. The molecule has 2 rings (SSSR count). The summed E-state index contributed by atoms with van der Waals surface area (Å²) in [6.45, 7) is 3.11. The maximum atomic E-state index is 12.7. The molecule has 1 atom stereocenters. The van der Waals surface area contributed by atoms with Crippen LogP contribution >= 0.6 is 0 Å². The molecular weight excluding hydrogens is 255 g/mol. The summed E-state index contributed by atoms with van der Waals surface area (Å²) in [7, 11) is 2.01. The van der Waals surface area contributed by atoms with Gasteiger partial charge in [-0.15, -0.1) is 0 Å². The van der Waals surface area contributed by atoms with E-state index in [9.17, 15) is 13.2 Å². The Labute approximate surface area is 111 Å². The van der Waals surface area contributed by atoms with Gasteiger partial charge in [0.15, 0.2) is 0 Å². The number of likely N-dealkylation sites (tertiary alicyclic amines) is 1. The summed E-state index contributed by atoms with van der Waals surface area (Å²) in [6.07, 6.45) is -2.17. The van der Waals surface area contributed by atoms with Gasteiger partial charge in [-0.1, -0.05) is 0 Å². The standard InChI is InChI=1S/C14H18F3NO/c1-10-6-11(14(15,16)17)8-13(7-10)19-9-12-4-3-5-18(12)2/h6-8,12H,3-5,9H2,1-2H3/t12-/m1/s1. The van der Waals surface area contributed by atoms with E-state index in [2.05, 4.69) is 4.90 Å². The van der Waals surface area contributed by atoms with Crippen LogP contribution in [0.25, 0.3) is 0 Å². The summed E-state index contributed by atoms with van der Waals surface area (Å²) in [5, 5.41) is 0. The van der Waals surface area contributed by atoms with Gasteiger partial charge in [0.2, 0.25) is 0 Å². The Bertz CT molecular complexity index is 445. The van der Waals surface area contributed by atoms with Crippen LogP contribution in [-0.4, -0.2) is 31.1 Å². The molecule has 0 N–H and O–H groups in total. The van der Waals surface area contributed by atoms with Gasteiger partial charge in [0.25, 0.3) is 0 Å². The number of hydrogen-bond acceptors (Lipinski definition) is 2. The topological polar surface area (TPSA) is 12.5 Å². The number of rotatable bonds is 3. The van der Waals surface area contributed by atoms with Gasteiger partial charge in [-0.2, -0.15) is 13.2 Å². The highest BCUT2D eigenvalue weighted by atomic mass is 19.4. The van der Waals surface area contributed by atoms with Crippen molar-refractivity contribution in [1.82, 2.24) is 4.90 Å². The lowest BCUT2D eigenvalue weighted by atomic mass is 10.1. The molecule has 0 radical (unpaired) electrons. The zero-order valence-electron chi connectivity index (χ0n) is 11.1. The first-order chi connectivity index (χ1) is 8.86. The molecular formula is C14H18F3NO. The number of nitrogens with zero attached hydrogens (tertiary/aromatic N) is 1. The van der Waals surface area contributed by atoms with Crippen LogP contribution in [-0.2, 0) is 6.18 Å². The van der Waals surface area contributed by atoms with E-state index in [4.69, 9.17) is 4.74 Å². The minimum Gasteiger partial charge on any atom is -0.492 e. The summed E-state index contributed by atoms with van der Waals surface area (Å²) in [4.78, 5) is 2.18. The van der Waals surface area contributed by atoms with Crippen LogP contribution in [0.1, 0.15) is 24.0 Å². The summed E-state index contributed by atoms with van der Waals surface area (Å²) in [5.41, 5.74) is -0.0909. The van der Waals surface area contributed by atoms with E-state index < -0.39 is 11.7 Å². The first kappa shape index (κ1) is 14.2. The predicted molar refractivity (Wildman–Crippen MR) is 67.3 cm³/mol. The molecule has 5 heteroatoms. The maximum absolute atomic E-state index is 12.7. The smallest absolute Gasteiger partial charge is 0.416 e. The van der Waals surface area contributed by atoms with E-state index in [0.717, 1.165) is 31.5 Å². The molecule has 1 heterocycles. The fourth-order valence-corrected chi connectivity index (χ4v) is 2.38. The van der Waals surface area contributed by atoms with Crippen molar-refractivity contribution in [3.05, 3.63) is 29.3 Å². The van der Waals surface area contributed by atoms with Crippen molar-refractivity contribution in [2.24, 2.45) is 0 Å². The molecule has 1 aliphatic heterocycles. The number of likely N-dealkylation sites (N-methyl/N-ethyl adjacent to an activating group) is 1. The van der Waals surface area contributed by atoms with Gasteiger partial charge in [-0.3, -0.25) is 0 Å². The highest BCUT2D eigenvalue weighted by molar-refractivity contribution is 5.35. The molecule has 0 saturated carbocycles. The third-order valence-corrected chi connectivity index (χ3v) is 3.49. The summed E-state index contributed by atoms with van der Waals surface area (Å²) in [5.74, 6) is 0.299. The zero-order valence-corrected chi connectivity index (χ0v) is 11.1. The Morgan fingerprint density at radius 2 is 2.05 bits per heavy atom. The molecule has 1 fully saturated rings. The number of ether oxygens (including phenoxy) is 1. The molecule has 19 heavy (non-hydrogen) atoms. The lowest BCUT2D eigenvalue weighted by Crippen LogP contribution is -2.30. The fourth-order valence-electron chi connectivity index (χ4n) is 2.38. The molecule has 1 aromatic carbocycles. The number of benzene rings is 1. The van der Waals surface area contributed by atoms with Crippen LogP contribution in [0.3, 0.4) is 0 Å². The summed E-state index contributed by atoms with van der Waals surface area (Å²) < 4.78 is 43.6. The maximum Gasteiger partial charge on any atom is 0.416 e. The van der Waals surface area contributed by atoms with Crippen molar-refractivity contribution >= 4 is 0 Å². The Balaban J connectivity index is 2.06. The van der Waals surface area contributed by atoms with Crippen LogP contribution in [0.15, 0.2) is 18.2 Å². The van der Waals surface area contributed by atoms with Crippen LogP contribution in [0.5, 0.6) is 5.75 Å². The van der Waals surface area contributed by atoms with E-state index in [0.29, 0.717) is 24.0 Å². The highest BCUT2D eigenvalue weighted by Gasteiger charge is 2.31. The molecule has 2 nitrogen and oxygen atoms in total. The van der Waals surface area contributed by atoms with Gasteiger partial charge in [-0.05, 0) is 57.1 Å². The first-order valence-corrected chi connectivity index (χ1v) is 6.38.